The van der Waals surface area contributed by atoms with Gasteiger partial charge in [-0.05, 0) is 18.2 Å². The second kappa shape index (κ2) is 5.02. The number of ether oxygens (including phenoxy) is 1. The molecule has 0 aliphatic heterocycles. The number of hydrogen-bond acceptors (Lipinski definition) is 3. The maximum absolute atomic E-state index is 13.3. The molecule has 1 aromatic rings. The van der Waals surface area contributed by atoms with Gasteiger partial charge in [-0.25, -0.2) is 4.39 Å². The summed E-state index contributed by atoms with van der Waals surface area (Å²) in [6.07, 6.45) is -0.449. The van der Waals surface area contributed by atoms with Crippen LogP contribution in [-0.2, 0) is 9.53 Å². The molecular weight excluding hydrogens is 267 g/mol. The van der Waals surface area contributed by atoms with E-state index in [0.29, 0.717) is 4.47 Å². The number of halogens is 2. The first-order chi connectivity index (χ1) is 7.04. The predicted molar refractivity (Wildman–Crippen MR) is 55.1 cm³/mol. The number of benzene rings is 1. The van der Waals surface area contributed by atoms with Crippen molar-refractivity contribution in [2.45, 2.75) is 6.42 Å². The molecule has 0 unspecified atom stereocenters. The van der Waals surface area contributed by atoms with Gasteiger partial charge in [-0.3, -0.25) is 9.59 Å². The van der Waals surface area contributed by atoms with Gasteiger partial charge in [-0.1, -0.05) is 15.9 Å². The van der Waals surface area contributed by atoms with Crippen molar-refractivity contribution in [2.75, 3.05) is 7.11 Å². The fraction of sp³-hybridized carbons (Fsp3) is 0.200. The SMILES string of the molecule is COC(=O)CC(=O)c1ccc(Br)cc1F. The Bertz CT molecular complexity index is 404. The summed E-state index contributed by atoms with van der Waals surface area (Å²) in [5.74, 6) is -1.92. The minimum absolute atomic E-state index is 0.108. The van der Waals surface area contributed by atoms with Gasteiger partial charge < -0.3 is 4.74 Å². The van der Waals surface area contributed by atoms with Crippen molar-refractivity contribution in [3.63, 3.8) is 0 Å². The molecule has 15 heavy (non-hydrogen) atoms. The van der Waals surface area contributed by atoms with Crippen LogP contribution in [0.2, 0.25) is 0 Å². The molecule has 80 valence electrons. The molecule has 0 atom stereocenters. The first kappa shape index (κ1) is 11.8. The smallest absolute Gasteiger partial charge is 0.313 e. The van der Waals surface area contributed by atoms with Crippen molar-refractivity contribution in [1.82, 2.24) is 0 Å². The zero-order valence-corrected chi connectivity index (χ0v) is 9.51. The predicted octanol–water partition coefficient (Wildman–Crippen LogP) is 2.33. The lowest BCUT2D eigenvalue weighted by molar-refractivity contribution is -0.139. The van der Waals surface area contributed by atoms with E-state index in [1.807, 2.05) is 0 Å². The van der Waals surface area contributed by atoms with E-state index in [4.69, 9.17) is 0 Å². The molecule has 0 aliphatic rings. The van der Waals surface area contributed by atoms with E-state index in [1.54, 1.807) is 0 Å². The lowest BCUT2D eigenvalue weighted by atomic mass is 10.1. The third-order valence-corrected chi connectivity index (χ3v) is 2.26. The number of ketones is 1. The molecule has 0 heterocycles. The highest BCUT2D eigenvalue weighted by Gasteiger charge is 2.15. The van der Waals surface area contributed by atoms with Crippen LogP contribution in [0, 0.1) is 5.82 Å². The molecule has 0 aromatic heterocycles. The van der Waals surface area contributed by atoms with Gasteiger partial charge in [0.1, 0.15) is 12.2 Å². The highest BCUT2D eigenvalue weighted by atomic mass is 79.9. The Kier molecular flexibility index (Phi) is 3.96. The van der Waals surface area contributed by atoms with Crippen molar-refractivity contribution in [2.24, 2.45) is 0 Å². The molecule has 5 heteroatoms. The van der Waals surface area contributed by atoms with Gasteiger partial charge in [0.05, 0.1) is 12.7 Å². The van der Waals surface area contributed by atoms with Gasteiger partial charge in [-0.2, -0.15) is 0 Å². The molecule has 0 spiro atoms. The zero-order chi connectivity index (χ0) is 11.4. The van der Waals surface area contributed by atoms with E-state index in [-0.39, 0.29) is 5.56 Å². The van der Waals surface area contributed by atoms with Crippen LogP contribution in [0.4, 0.5) is 4.39 Å². The third-order valence-electron chi connectivity index (χ3n) is 1.76. The highest BCUT2D eigenvalue weighted by molar-refractivity contribution is 9.10. The Hall–Kier alpha value is -1.23. The van der Waals surface area contributed by atoms with Gasteiger partial charge in [0.2, 0.25) is 0 Å². The Morgan fingerprint density at radius 1 is 1.47 bits per heavy atom. The van der Waals surface area contributed by atoms with Crippen molar-refractivity contribution >= 4 is 27.7 Å². The molecule has 1 aromatic carbocycles. The van der Waals surface area contributed by atoms with E-state index in [2.05, 4.69) is 20.7 Å². The number of rotatable bonds is 3. The number of esters is 1. The summed E-state index contributed by atoms with van der Waals surface area (Å²) in [4.78, 5) is 22.2. The third kappa shape index (κ3) is 3.13. The lowest BCUT2D eigenvalue weighted by Crippen LogP contribution is -2.10. The van der Waals surface area contributed by atoms with Crippen LogP contribution in [0.3, 0.4) is 0 Å². The van der Waals surface area contributed by atoms with Crippen molar-refractivity contribution in [1.29, 1.82) is 0 Å². The number of methoxy groups -OCH3 is 1. The zero-order valence-electron chi connectivity index (χ0n) is 7.92. The Morgan fingerprint density at radius 3 is 2.67 bits per heavy atom. The second-order valence-corrected chi connectivity index (χ2v) is 3.72. The first-order valence-corrected chi connectivity index (χ1v) is 4.89. The van der Waals surface area contributed by atoms with E-state index >= 15 is 0 Å². The van der Waals surface area contributed by atoms with Crippen LogP contribution in [0.25, 0.3) is 0 Å². The maximum Gasteiger partial charge on any atom is 0.313 e. The highest BCUT2D eigenvalue weighted by Crippen LogP contribution is 2.16. The van der Waals surface area contributed by atoms with E-state index in [1.165, 1.54) is 25.3 Å². The quantitative estimate of drug-likeness (QED) is 0.483. The summed E-state index contributed by atoms with van der Waals surface area (Å²) in [5.41, 5.74) is -0.108. The average Bonchev–Trinajstić information content (AvgIpc) is 2.17. The molecule has 0 saturated carbocycles. The van der Waals surface area contributed by atoms with Crippen LogP contribution < -0.4 is 0 Å². The van der Waals surface area contributed by atoms with E-state index in [0.717, 1.165) is 0 Å². The van der Waals surface area contributed by atoms with Gasteiger partial charge in [0, 0.05) is 4.47 Å². The monoisotopic (exact) mass is 274 g/mol. The maximum atomic E-state index is 13.3. The van der Waals surface area contributed by atoms with Gasteiger partial charge >= 0.3 is 5.97 Å². The van der Waals surface area contributed by atoms with Crippen LogP contribution in [-0.4, -0.2) is 18.9 Å². The van der Waals surface area contributed by atoms with E-state index in [9.17, 15) is 14.0 Å². The van der Waals surface area contributed by atoms with Crippen molar-refractivity contribution < 1.29 is 18.7 Å². The van der Waals surface area contributed by atoms with Gasteiger partial charge in [-0.15, -0.1) is 0 Å². The minimum atomic E-state index is -0.678. The van der Waals surface area contributed by atoms with Crippen LogP contribution >= 0.6 is 15.9 Å². The molecule has 0 fully saturated rings. The van der Waals surface area contributed by atoms with E-state index < -0.39 is 24.0 Å². The van der Waals surface area contributed by atoms with Crippen LogP contribution in [0.15, 0.2) is 22.7 Å². The Morgan fingerprint density at radius 2 is 2.13 bits per heavy atom. The molecule has 0 radical (unpaired) electrons. The van der Waals surface area contributed by atoms with Gasteiger partial charge in [0.25, 0.3) is 0 Å². The lowest BCUT2D eigenvalue weighted by Gasteiger charge is -2.01. The fourth-order valence-corrected chi connectivity index (χ4v) is 1.35. The summed E-state index contributed by atoms with van der Waals surface area (Å²) < 4.78 is 18.1. The first-order valence-electron chi connectivity index (χ1n) is 4.09. The summed E-state index contributed by atoms with van der Waals surface area (Å²) in [7, 11) is 1.17. The second-order valence-electron chi connectivity index (χ2n) is 2.80. The summed E-state index contributed by atoms with van der Waals surface area (Å²) in [6.45, 7) is 0. The topological polar surface area (TPSA) is 43.4 Å². The number of carbonyl (C=O) groups is 2. The molecule has 3 nitrogen and oxygen atoms in total. The molecular formula is C10H8BrFO3. The molecule has 1 rings (SSSR count). The number of Topliss-reactive ketones (excluding diaryl/α,β-unsaturated/α-hetero) is 1. The Labute approximate surface area is 94.4 Å². The van der Waals surface area contributed by atoms with Crippen LogP contribution in [0.1, 0.15) is 16.8 Å². The molecule has 0 saturated heterocycles. The minimum Gasteiger partial charge on any atom is -0.469 e. The molecule has 0 N–H and O–H groups in total. The normalized spacial score (nSPS) is 9.80. The standard InChI is InChI=1S/C10H8BrFO3/c1-15-10(14)5-9(13)7-3-2-6(11)4-8(7)12/h2-4H,5H2,1H3. The summed E-state index contributed by atoms with van der Waals surface area (Å²) in [6, 6.07) is 4.03. The molecule has 0 aliphatic carbocycles. The number of carbonyl (C=O) groups excluding carboxylic acids is 2. The molecule has 0 amide bonds. The van der Waals surface area contributed by atoms with Crippen molar-refractivity contribution in [3.05, 3.63) is 34.1 Å². The average molecular weight is 275 g/mol. The van der Waals surface area contributed by atoms with Gasteiger partial charge in [0.15, 0.2) is 5.78 Å². The summed E-state index contributed by atoms with van der Waals surface area (Å²) in [5, 5.41) is 0. The Balaban J connectivity index is 2.87. The fourth-order valence-electron chi connectivity index (χ4n) is 1.01. The largest absolute Gasteiger partial charge is 0.469 e. The molecule has 0 bridgehead atoms. The summed E-state index contributed by atoms with van der Waals surface area (Å²) >= 11 is 3.07. The van der Waals surface area contributed by atoms with Crippen molar-refractivity contribution in [3.8, 4) is 0 Å². The van der Waals surface area contributed by atoms with Crippen LogP contribution in [0.5, 0.6) is 0 Å². The number of hydrogen-bond donors (Lipinski definition) is 0.